The molecule has 2 aromatic carbocycles. The van der Waals surface area contributed by atoms with Crippen molar-refractivity contribution in [1.29, 1.82) is 0 Å². The summed E-state index contributed by atoms with van der Waals surface area (Å²) in [7, 11) is 0. The summed E-state index contributed by atoms with van der Waals surface area (Å²) in [6.07, 6.45) is -0.762. The standard InChI is InChI=1S/C16H17ClN2O2/c1-11(15(20)12-5-3-2-4-6-12)18-16(21)19-14-9-7-13(17)8-10-14/h2-11,15,20H,1H3,(H2,18,19,21)/t11-,15+/m1/s1. The molecule has 0 radical (unpaired) electrons. The van der Waals surface area contributed by atoms with Gasteiger partial charge in [-0.15, -0.1) is 0 Å². The summed E-state index contributed by atoms with van der Waals surface area (Å²) in [5.74, 6) is 0. The van der Waals surface area contributed by atoms with Gasteiger partial charge in [0.15, 0.2) is 0 Å². The first kappa shape index (κ1) is 15.4. The van der Waals surface area contributed by atoms with Gasteiger partial charge in [-0.25, -0.2) is 4.79 Å². The molecule has 3 N–H and O–H groups in total. The number of urea groups is 1. The first-order chi connectivity index (χ1) is 10.1. The maximum Gasteiger partial charge on any atom is 0.319 e. The third-order valence-electron chi connectivity index (χ3n) is 3.08. The van der Waals surface area contributed by atoms with Crippen LogP contribution in [-0.4, -0.2) is 17.2 Å². The molecule has 0 aliphatic rings. The number of rotatable bonds is 4. The Morgan fingerprint density at radius 3 is 2.33 bits per heavy atom. The number of aliphatic hydroxyl groups excluding tert-OH is 1. The largest absolute Gasteiger partial charge is 0.386 e. The zero-order chi connectivity index (χ0) is 15.2. The summed E-state index contributed by atoms with van der Waals surface area (Å²) in [5, 5.41) is 16.2. The molecule has 21 heavy (non-hydrogen) atoms. The van der Waals surface area contributed by atoms with Crippen molar-refractivity contribution < 1.29 is 9.90 Å². The van der Waals surface area contributed by atoms with E-state index >= 15 is 0 Å². The van der Waals surface area contributed by atoms with Gasteiger partial charge in [-0.1, -0.05) is 41.9 Å². The van der Waals surface area contributed by atoms with Crippen LogP contribution in [0.15, 0.2) is 54.6 Å². The van der Waals surface area contributed by atoms with Crippen LogP contribution in [0.2, 0.25) is 5.02 Å². The molecule has 0 aliphatic carbocycles. The number of nitrogens with one attached hydrogen (secondary N) is 2. The van der Waals surface area contributed by atoms with Crippen LogP contribution in [0.4, 0.5) is 10.5 Å². The minimum Gasteiger partial charge on any atom is -0.386 e. The molecule has 0 fully saturated rings. The lowest BCUT2D eigenvalue weighted by atomic mass is 10.0. The van der Waals surface area contributed by atoms with Gasteiger partial charge in [-0.2, -0.15) is 0 Å². The zero-order valence-corrected chi connectivity index (χ0v) is 12.3. The molecule has 5 heteroatoms. The van der Waals surface area contributed by atoms with Crippen LogP contribution in [0.5, 0.6) is 0 Å². The van der Waals surface area contributed by atoms with Crippen LogP contribution in [-0.2, 0) is 0 Å². The molecule has 0 aromatic heterocycles. The minimum atomic E-state index is -0.762. The van der Waals surface area contributed by atoms with E-state index in [4.69, 9.17) is 11.6 Å². The molecule has 0 heterocycles. The highest BCUT2D eigenvalue weighted by Gasteiger charge is 2.18. The Labute approximate surface area is 128 Å². The number of carbonyl (C=O) groups excluding carboxylic acids is 1. The molecule has 2 atom stereocenters. The topological polar surface area (TPSA) is 61.4 Å². The molecule has 0 saturated heterocycles. The molecule has 2 amide bonds. The maximum absolute atomic E-state index is 11.9. The smallest absolute Gasteiger partial charge is 0.319 e. The normalized spacial score (nSPS) is 13.3. The van der Waals surface area contributed by atoms with Gasteiger partial charge < -0.3 is 15.7 Å². The second-order valence-corrected chi connectivity index (χ2v) is 5.19. The average Bonchev–Trinajstić information content (AvgIpc) is 2.49. The van der Waals surface area contributed by atoms with Crippen LogP contribution < -0.4 is 10.6 Å². The fourth-order valence-electron chi connectivity index (χ4n) is 1.93. The lowest BCUT2D eigenvalue weighted by Crippen LogP contribution is -2.39. The Morgan fingerprint density at radius 1 is 1.10 bits per heavy atom. The Kier molecular flexibility index (Phi) is 5.20. The van der Waals surface area contributed by atoms with E-state index in [1.165, 1.54) is 0 Å². The fraction of sp³-hybridized carbons (Fsp3) is 0.188. The number of aliphatic hydroxyl groups is 1. The first-order valence-corrected chi connectivity index (χ1v) is 7.00. The van der Waals surface area contributed by atoms with Crippen molar-refractivity contribution in [2.24, 2.45) is 0 Å². The van der Waals surface area contributed by atoms with Crippen LogP contribution in [0.3, 0.4) is 0 Å². The van der Waals surface area contributed by atoms with Crippen molar-refractivity contribution in [2.45, 2.75) is 19.1 Å². The van der Waals surface area contributed by atoms with Gasteiger partial charge in [0.1, 0.15) is 0 Å². The van der Waals surface area contributed by atoms with Crippen molar-refractivity contribution in [1.82, 2.24) is 5.32 Å². The van der Waals surface area contributed by atoms with E-state index in [-0.39, 0.29) is 6.03 Å². The number of hydrogen-bond acceptors (Lipinski definition) is 2. The molecule has 110 valence electrons. The first-order valence-electron chi connectivity index (χ1n) is 6.62. The predicted molar refractivity (Wildman–Crippen MR) is 84.5 cm³/mol. The SMILES string of the molecule is C[C@@H](NC(=O)Nc1ccc(Cl)cc1)[C@H](O)c1ccccc1. The highest BCUT2D eigenvalue weighted by atomic mass is 35.5. The van der Waals surface area contributed by atoms with E-state index in [1.807, 2.05) is 30.3 Å². The van der Waals surface area contributed by atoms with Crippen molar-refractivity contribution in [3.05, 3.63) is 65.2 Å². The number of hydrogen-bond donors (Lipinski definition) is 3. The number of halogens is 1. The summed E-state index contributed by atoms with van der Waals surface area (Å²) >= 11 is 5.78. The Morgan fingerprint density at radius 2 is 1.71 bits per heavy atom. The van der Waals surface area contributed by atoms with Crippen molar-refractivity contribution in [3.8, 4) is 0 Å². The van der Waals surface area contributed by atoms with Gasteiger partial charge in [0.25, 0.3) is 0 Å². The van der Waals surface area contributed by atoms with E-state index in [2.05, 4.69) is 10.6 Å². The van der Waals surface area contributed by atoms with Crippen LogP contribution in [0, 0.1) is 0 Å². The van der Waals surface area contributed by atoms with E-state index in [0.717, 1.165) is 5.56 Å². The third-order valence-corrected chi connectivity index (χ3v) is 3.33. The van der Waals surface area contributed by atoms with E-state index in [9.17, 15) is 9.90 Å². The van der Waals surface area contributed by atoms with Gasteiger partial charge in [0, 0.05) is 10.7 Å². The number of anilines is 1. The molecule has 0 saturated carbocycles. The highest BCUT2D eigenvalue weighted by molar-refractivity contribution is 6.30. The molecule has 2 rings (SSSR count). The summed E-state index contributed by atoms with van der Waals surface area (Å²) < 4.78 is 0. The van der Waals surface area contributed by atoms with Gasteiger partial charge in [0.2, 0.25) is 0 Å². The molecule has 2 aromatic rings. The van der Waals surface area contributed by atoms with Crippen LogP contribution in [0.1, 0.15) is 18.6 Å². The average molecular weight is 305 g/mol. The maximum atomic E-state index is 11.9. The van der Waals surface area contributed by atoms with E-state index < -0.39 is 12.1 Å². The Balaban J connectivity index is 1.91. The second kappa shape index (κ2) is 7.11. The van der Waals surface area contributed by atoms with Crippen molar-refractivity contribution >= 4 is 23.3 Å². The fourth-order valence-corrected chi connectivity index (χ4v) is 2.05. The second-order valence-electron chi connectivity index (χ2n) is 4.75. The Bertz CT molecular complexity index is 587. The lowest BCUT2D eigenvalue weighted by molar-refractivity contribution is 0.139. The molecule has 0 aliphatic heterocycles. The number of benzene rings is 2. The molecule has 0 spiro atoms. The molecular weight excluding hydrogens is 288 g/mol. The van der Waals surface area contributed by atoms with Crippen molar-refractivity contribution in [3.63, 3.8) is 0 Å². The zero-order valence-electron chi connectivity index (χ0n) is 11.6. The van der Waals surface area contributed by atoms with Crippen molar-refractivity contribution in [2.75, 3.05) is 5.32 Å². The molecule has 0 unspecified atom stereocenters. The molecule has 0 bridgehead atoms. The van der Waals surface area contributed by atoms with E-state index in [0.29, 0.717) is 10.7 Å². The molecular formula is C16H17ClN2O2. The van der Waals surface area contributed by atoms with Gasteiger partial charge in [0.05, 0.1) is 12.1 Å². The highest BCUT2D eigenvalue weighted by Crippen LogP contribution is 2.17. The van der Waals surface area contributed by atoms with Gasteiger partial charge >= 0.3 is 6.03 Å². The minimum absolute atomic E-state index is 0.375. The van der Waals surface area contributed by atoms with Crippen LogP contribution >= 0.6 is 11.6 Å². The summed E-state index contributed by atoms with van der Waals surface area (Å²) in [5.41, 5.74) is 1.40. The lowest BCUT2D eigenvalue weighted by Gasteiger charge is -2.20. The summed E-state index contributed by atoms with van der Waals surface area (Å²) in [4.78, 5) is 11.9. The summed E-state index contributed by atoms with van der Waals surface area (Å²) in [6, 6.07) is 15.2. The molecule has 4 nitrogen and oxygen atoms in total. The number of carbonyl (C=O) groups is 1. The van der Waals surface area contributed by atoms with Crippen LogP contribution in [0.25, 0.3) is 0 Å². The monoisotopic (exact) mass is 304 g/mol. The predicted octanol–water partition coefficient (Wildman–Crippen LogP) is 3.58. The van der Waals surface area contributed by atoms with Gasteiger partial charge in [-0.3, -0.25) is 0 Å². The quantitative estimate of drug-likeness (QED) is 0.808. The van der Waals surface area contributed by atoms with Gasteiger partial charge in [-0.05, 0) is 36.8 Å². The number of amides is 2. The van der Waals surface area contributed by atoms with E-state index in [1.54, 1.807) is 31.2 Å². The third kappa shape index (κ3) is 4.48. The Hall–Kier alpha value is -2.04. The summed E-state index contributed by atoms with van der Waals surface area (Å²) in [6.45, 7) is 1.75.